The van der Waals surface area contributed by atoms with Crippen molar-refractivity contribution in [3.05, 3.63) is 36.5 Å². The van der Waals surface area contributed by atoms with Crippen molar-refractivity contribution in [1.29, 1.82) is 0 Å². The van der Waals surface area contributed by atoms with Gasteiger partial charge in [0.1, 0.15) is 5.82 Å². The average Bonchev–Trinajstić information content (AvgIpc) is 2.73. The normalized spacial score (nSPS) is 10.4. The van der Waals surface area contributed by atoms with Gasteiger partial charge in [-0.05, 0) is 25.5 Å². The molecule has 0 saturated carbocycles. The van der Waals surface area contributed by atoms with Gasteiger partial charge in [0.05, 0.1) is 6.61 Å². The Kier molecular flexibility index (Phi) is 3.19. The van der Waals surface area contributed by atoms with E-state index >= 15 is 0 Å². The monoisotopic (exact) mass is 217 g/mol. The van der Waals surface area contributed by atoms with E-state index in [1.807, 2.05) is 29.8 Å². The molecule has 2 aromatic heterocycles. The molecule has 16 heavy (non-hydrogen) atoms. The van der Waals surface area contributed by atoms with Crippen LogP contribution in [0.25, 0.3) is 5.82 Å². The molecule has 4 heteroatoms. The first kappa shape index (κ1) is 10.7. The van der Waals surface area contributed by atoms with Gasteiger partial charge in [-0.15, -0.1) is 0 Å². The minimum atomic E-state index is 0.701. The SMILES string of the molecule is CCCOc1cccnc1-n1ccnc1C. The molecule has 0 aromatic carbocycles. The molecule has 0 unspecified atom stereocenters. The van der Waals surface area contributed by atoms with Gasteiger partial charge >= 0.3 is 0 Å². The van der Waals surface area contributed by atoms with Crippen molar-refractivity contribution in [2.75, 3.05) is 6.61 Å². The maximum atomic E-state index is 5.65. The van der Waals surface area contributed by atoms with Crippen LogP contribution in [-0.2, 0) is 0 Å². The fourth-order valence-electron chi connectivity index (χ4n) is 1.49. The van der Waals surface area contributed by atoms with Crippen LogP contribution in [0.2, 0.25) is 0 Å². The van der Waals surface area contributed by atoms with Crippen molar-refractivity contribution in [2.45, 2.75) is 20.3 Å². The Morgan fingerprint density at radius 3 is 2.88 bits per heavy atom. The summed E-state index contributed by atoms with van der Waals surface area (Å²) >= 11 is 0. The molecular weight excluding hydrogens is 202 g/mol. The van der Waals surface area contributed by atoms with Crippen LogP contribution in [0.15, 0.2) is 30.7 Å². The molecule has 0 aliphatic rings. The molecule has 0 radical (unpaired) electrons. The molecule has 2 rings (SSSR count). The number of hydrogen-bond acceptors (Lipinski definition) is 3. The summed E-state index contributed by atoms with van der Waals surface area (Å²) in [7, 11) is 0. The molecule has 0 atom stereocenters. The number of nitrogens with zero attached hydrogens (tertiary/aromatic N) is 3. The van der Waals surface area contributed by atoms with E-state index in [1.165, 1.54) is 0 Å². The fraction of sp³-hybridized carbons (Fsp3) is 0.333. The van der Waals surface area contributed by atoms with Crippen LogP contribution in [0.1, 0.15) is 19.2 Å². The largest absolute Gasteiger partial charge is 0.490 e. The highest BCUT2D eigenvalue weighted by atomic mass is 16.5. The van der Waals surface area contributed by atoms with E-state index in [9.17, 15) is 0 Å². The summed E-state index contributed by atoms with van der Waals surface area (Å²) in [6.07, 6.45) is 6.38. The van der Waals surface area contributed by atoms with Crippen molar-refractivity contribution < 1.29 is 4.74 Å². The molecular formula is C12H15N3O. The number of ether oxygens (including phenoxy) is 1. The van der Waals surface area contributed by atoms with E-state index in [-0.39, 0.29) is 0 Å². The van der Waals surface area contributed by atoms with Gasteiger partial charge in [-0.1, -0.05) is 6.92 Å². The lowest BCUT2D eigenvalue weighted by molar-refractivity contribution is 0.315. The number of imidazole rings is 1. The van der Waals surface area contributed by atoms with Gasteiger partial charge in [-0.25, -0.2) is 9.97 Å². The third-order valence-corrected chi connectivity index (χ3v) is 2.27. The zero-order chi connectivity index (χ0) is 11.4. The molecule has 2 heterocycles. The molecule has 2 aromatic rings. The van der Waals surface area contributed by atoms with Crippen LogP contribution < -0.4 is 4.74 Å². The highest BCUT2D eigenvalue weighted by Gasteiger charge is 2.08. The van der Waals surface area contributed by atoms with E-state index in [2.05, 4.69) is 16.9 Å². The first-order chi connectivity index (χ1) is 7.83. The summed E-state index contributed by atoms with van der Waals surface area (Å²) in [5, 5.41) is 0. The summed E-state index contributed by atoms with van der Waals surface area (Å²) < 4.78 is 7.58. The summed E-state index contributed by atoms with van der Waals surface area (Å²) in [5.41, 5.74) is 0. The predicted molar refractivity (Wildman–Crippen MR) is 61.9 cm³/mol. The predicted octanol–water partition coefficient (Wildman–Crippen LogP) is 2.36. The van der Waals surface area contributed by atoms with Crippen molar-refractivity contribution in [2.24, 2.45) is 0 Å². The van der Waals surface area contributed by atoms with Gasteiger partial charge in [0, 0.05) is 18.6 Å². The molecule has 84 valence electrons. The Morgan fingerprint density at radius 2 is 2.19 bits per heavy atom. The molecule has 0 amide bonds. The lowest BCUT2D eigenvalue weighted by Gasteiger charge is -2.10. The number of aryl methyl sites for hydroxylation is 1. The number of pyridine rings is 1. The molecule has 0 saturated heterocycles. The molecule has 0 N–H and O–H groups in total. The van der Waals surface area contributed by atoms with Crippen LogP contribution in [0.4, 0.5) is 0 Å². The van der Waals surface area contributed by atoms with E-state index in [1.54, 1.807) is 12.4 Å². The van der Waals surface area contributed by atoms with E-state index in [4.69, 9.17) is 4.74 Å². The Balaban J connectivity index is 2.37. The lowest BCUT2D eigenvalue weighted by atomic mass is 10.4. The minimum absolute atomic E-state index is 0.701. The molecule has 0 fully saturated rings. The van der Waals surface area contributed by atoms with Crippen LogP contribution in [0.5, 0.6) is 5.75 Å². The Bertz CT molecular complexity index is 465. The topological polar surface area (TPSA) is 39.9 Å². The number of aromatic nitrogens is 3. The minimum Gasteiger partial charge on any atom is -0.490 e. The number of rotatable bonds is 4. The number of hydrogen-bond donors (Lipinski definition) is 0. The van der Waals surface area contributed by atoms with Crippen molar-refractivity contribution in [3.63, 3.8) is 0 Å². The van der Waals surface area contributed by atoms with Crippen LogP contribution >= 0.6 is 0 Å². The summed E-state index contributed by atoms with van der Waals surface area (Å²) in [5.74, 6) is 2.50. The van der Waals surface area contributed by atoms with Gasteiger partial charge in [0.15, 0.2) is 11.6 Å². The average molecular weight is 217 g/mol. The summed E-state index contributed by atoms with van der Waals surface area (Å²) in [6, 6.07) is 3.80. The van der Waals surface area contributed by atoms with Crippen molar-refractivity contribution >= 4 is 0 Å². The Labute approximate surface area is 94.9 Å². The smallest absolute Gasteiger partial charge is 0.181 e. The maximum Gasteiger partial charge on any atom is 0.181 e. The van der Waals surface area contributed by atoms with Crippen molar-refractivity contribution in [3.8, 4) is 11.6 Å². The van der Waals surface area contributed by atoms with Gasteiger partial charge < -0.3 is 4.74 Å². The fourth-order valence-corrected chi connectivity index (χ4v) is 1.49. The van der Waals surface area contributed by atoms with Crippen LogP contribution in [0, 0.1) is 6.92 Å². The van der Waals surface area contributed by atoms with Gasteiger partial charge in [-0.2, -0.15) is 0 Å². The molecule has 0 aliphatic heterocycles. The van der Waals surface area contributed by atoms with Crippen molar-refractivity contribution in [1.82, 2.24) is 14.5 Å². The first-order valence-corrected chi connectivity index (χ1v) is 5.41. The second kappa shape index (κ2) is 4.79. The Hall–Kier alpha value is -1.84. The zero-order valence-electron chi connectivity index (χ0n) is 9.55. The third-order valence-electron chi connectivity index (χ3n) is 2.27. The lowest BCUT2D eigenvalue weighted by Crippen LogP contribution is -2.04. The highest BCUT2D eigenvalue weighted by molar-refractivity contribution is 5.40. The van der Waals surface area contributed by atoms with E-state index in [0.29, 0.717) is 6.61 Å². The second-order valence-corrected chi connectivity index (χ2v) is 3.52. The molecule has 0 aliphatic carbocycles. The molecule has 4 nitrogen and oxygen atoms in total. The summed E-state index contributed by atoms with van der Waals surface area (Å²) in [6.45, 7) is 4.73. The zero-order valence-corrected chi connectivity index (χ0v) is 9.55. The maximum absolute atomic E-state index is 5.65. The van der Waals surface area contributed by atoms with Gasteiger partial charge in [0.25, 0.3) is 0 Å². The molecule has 0 bridgehead atoms. The van der Waals surface area contributed by atoms with Gasteiger partial charge in [0.2, 0.25) is 0 Å². The quantitative estimate of drug-likeness (QED) is 0.789. The van der Waals surface area contributed by atoms with E-state index < -0.39 is 0 Å². The first-order valence-electron chi connectivity index (χ1n) is 5.41. The molecule has 0 spiro atoms. The third kappa shape index (κ3) is 2.05. The van der Waals surface area contributed by atoms with Gasteiger partial charge in [-0.3, -0.25) is 4.57 Å². The highest BCUT2D eigenvalue weighted by Crippen LogP contribution is 2.20. The summed E-state index contributed by atoms with van der Waals surface area (Å²) in [4.78, 5) is 8.51. The van der Waals surface area contributed by atoms with Crippen LogP contribution in [-0.4, -0.2) is 21.1 Å². The standard InChI is InChI=1S/C12H15N3O/c1-3-9-16-11-5-4-6-14-12(11)15-8-7-13-10(15)2/h4-8H,3,9H2,1-2H3. The Morgan fingerprint density at radius 1 is 1.31 bits per heavy atom. The second-order valence-electron chi connectivity index (χ2n) is 3.52. The van der Waals surface area contributed by atoms with Crippen LogP contribution in [0.3, 0.4) is 0 Å². The van der Waals surface area contributed by atoms with E-state index in [0.717, 1.165) is 23.8 Å².